The van der Waals surface area contributed by atoms with Crippen molar-refractivity contribution in [3.8, 4) is 0 Å². The Balaban J connectivity index is 1.86. The first-order valence-electron chi connectivity index (χ1n) is 5.82. The molecule has 8 heteroatoms. The van der Waals surface area contributed by atoms with Crippen molar-refractivity contribution in [3.63, 3.8) is 0 Å². The topological polar surface area (TPSA) is 94.1 Å². The van der Waals surface area contributed by atoms with E-state index in [-0.39, 0.29) is 17.2 Å². The van der Waals surface area contributed by atoms with Gasteiger partial charge in [-0.1, -0.05) is 6.07 Å². The normalized spacial score (nSPS) is 10.8. The molecule has 1 N–H and O–H groups in total. The molecule has 0 saturated carbocycles. The van der Waals surface area contributed by atoms with Gasteiger partial charge < -0.3 is 9.73 Å². The molecule has 0 aliphatic carbocycles. The van der Waals surface area contributed by atoms with E-state index in [4.69, 9.17) is 4.42 Å². The van der Waals surface area contributed by atoms with Gasteiger partial charge in [0.05, 0.1) is 11.5 Å². The van der Waals surface area contributed by atoms with Crippen LogP contribution in [-0.2, 0) is 6.54 Å². The van der Waals surface area contributed by atoms with E-state index in [2.05, 4.69) is 15.3 Å². The van der Waals surface area contributed by atoms with Crippen molar-refractivity contribution in [2.45, 2.75) is 13.5 Å². The minimum absolute atomic E-state index is 0.0654. The van der Waals surface area contributed by atoms with E-state index >= 15 is 0 Å². The van der Waals surface area contributed by atoms with Gasteiger partial charge in [0, 0.05) is 17.1 Å². The molecule has 0 fully saturated rings. The number of aryl methyl sites for hydroxylation is 1. The van der Waals surface area contributed by atoms with Gasteiger partial charge in [-0.2, -0.15) is 4.98 Å². The van der Waals surface area contributed by atoms with Gasteiger partial charge >= 0.3 is 0 Å². The summed E-state index contributed by atoms with van der Waals surface area (Å²) in [5, 5.41) is 14.8. The second-order valence-electron chi connectivity index (χ2n) is 4.12. The Bertz CT molecular complexity index is 780. The quantitative estimate of drug-likeness (QED) is 0.586. The molecule has 20 heavy (non-hydrogen) atoms. The molecule has 0 unspecified atom stereocenters. The Morgan fingerprint density at radius 3 is 3.05 bits per heavy atom. The fraction of sp³-hybridized carbons (Fsp3) is 0.167. The van der Waals surface area contributed by atoms with Crippen LogP contribution in [0.25, 0.3) is 11.1 Å². The summed E-state index contributed by atoms with van der Waals surface area (Å²) >= 11 is 1.57. The maximum atomic E-state index is 10.9. The largest absolute Gasteiger partial charge is 0.423 e. The van der Waals surface area contributed by atoms with Crippen LogP contribution in [0.1, 0.15) is 9.88 Å². The number of nitro benzene ring substituents is 1. The van der Waals surface area contributed by atoms with Crippen molar-refractivity contribution in [2.24, 2.45) is 0 Å². The number of fused-ring (bicyclic) bond motifs is 1. The lowest BCUT2D eigenvalue weighted by atomic mass is 10.3. The monoisotopic (exact) mass is 290 g/mol. The predicted molar refractivity (Wildman–Crippen MR) is 74.8 cm³/mol. The number of oxazole rings is 1. The second-order valence-corrected chi connectivity index (χ2v) is 5.44. The summed E-state index contributed by atoms with van der Waals surface area (Å²) in [5.74, 6) is 0. The summed E-state index contributed by atoms with van der Waals surface area (Å²) in [5.41, 5.74) is 0.566. The molecule has 1 aromatic carbocycles. The third kappa shape index (κ3) is 2.32. The van der Waals surface area contributed by atoms with Gasteiger partial charge in [-0.3, -0.25) is 10.1 Å². The molecule has 0 aliphatic rings. The van der Waals surface area contributed by atoms with Crippen LogP contribution in [0.3, 0.4) is 0 Å². The molecule has 7 nitrogen and oxygen atoms in total. The van der Waals surface area contributed by atoms with Crippen LogP contribution < -0.4 is 5.32 Å². The number of rotatable bonds is 4. The second kappa shape index (κ2) is 4.89. The Morgan fingerprint density at radius 2 is 2.35 bits per heavy atom. The van der Waals surface area contributed by atoms with E-state index in [9.17, 15) is 10.1 Å². The Labute approximate surface area is 117 Å². The number of nitro groups is 1. The van der Waals surface area contributed by atoms with Crippen molar-refractivity contribution in [1.29, 1.82) is 0 Å². The summed E-state index contributed by atoms with van der Waals surface area (Å²) < 4.78 is 5.44. The standard InChI is InChI=1S/C12H10N4O3S/c1-7-5-13-10(20-7)6-14-12-15-11-8(16(17)18)3-2-4-9(11)19-12/h2-5H,6H2,1H3,(H,14,15). The van der Waals surface area contributed by atoms with Gasteiger partial charge in [-0.15, -0.1) is 11.3 Å². The highest BCUT2D eigenvalue weighted by atomic mass is 32.1. The van der Waals surface area contributed by atoms with Crippen LogP contribution in [0, 0.1) is 17.0 Å². The fourth-order valence-electron chi connectivity index (χ4n) is 1.79. The molecule has 0 spiro atoms. The minimum atomic E-state index is -0.473. The fourth-order valence-corrected chi connectivity index (χ4v) is 2.52. The molecule has 0 bridgehead atoms. The minimum Gasteiger partial charge on any atom is -0.423 e. The number of anilines is 1. The summed E-state index contributed by atoms with van der Waals surface area (Å²) in [6.07, 6.45) is 1.79. The molecule has 0 aliphatic heterocycles. The highest BCUT2D eigenvalue weighted by Gasteiger charge is 2.17. The maximum absolute atomic E-state index is 10.9. The van der Waals surface area contributed by atoms with E-state index in [1.807, 2.05) is 6.92 Å². The summed E-state index contributed by atoms with van der Waals surface area (Å²) in [7, 11) is 0. The number of nitrogens with one attached hydrogen (secondary N) is 1. The molecule has 0 saturated heterocycles. The van der Waals surface area contributed by atoms with Gasteiger partial charge in [0.1, 0.15) is 5.01 Å². The highest BCUT2D eigenvalue weighted by molar-refractivity contribution is 7.11. The molecule has 2 heterocycles. The number of non-ortho nitro benzene ring substituents is 1. The first-order valence-corrected chi connectivity index (χ1v) is 6.64. The number of hydrogen-bond donors (Lipinski definition) is 1. The third-order valence-electron chi connectivity index (χ3n) is 2.65. The zero-order valence-corrected chi connectivity index (χ0v) is 11.3. The molecule has 2 aromatic heterocycles. The van der Waals surface area contributed by atoms with Gasteiger partial charge in [0.15, 0.2) is 11.1 Å². The van der Waals surface area contributed by atoms with E-state index < -0.39 is 4.92 Å². The molecule has 0 atom stereocenters. The smallest absolute Gasteiger partial charge is 0.298 e. The van der Waals surface area contributed by atoms with Crippen LogP contribution in [-0.4, -0.2) is 14.9 Å². The number of thiazole rings is 1. The lowest BCUT2D eigenvalue weighted by Gasteiger charge is -1.96. The van der Waals surface area contributed by atoms with Crippen LogP contribution in [0.15, 0.2) is 28.8 Å². The number of nitrogens with zero attached hydrogens (tertiary/aromatic N) is 3. The maximum Gasteiger partial charge on any atom is 0.298 e. The van der Waals surface area contributed by atoms with E-state index in [1.165, 1.54) is 6.07 Å². The van der Waals surface area contributed by atoms with Gasteiger partial charge in [0.25, 0.3) is 11.7 Å². The average Bonchev–Trinajstić information content (AvgIpc) is 3.01. The summed E-state index contributed by atoms with van der Waals surface area (Å²) in [6.45, 7) is 2.45. The summed E-state index contributed by atoms with van der Waals surface area (Å²) in [4.78, 5) is 19.9. The third-order valence-corrected chi connectivity index (χ3v) is 3.57. The Hall–Kier alpha value is -2.48. The highest BCUT2D eigenvalue weighted by Crippen LogP contribution is 2.27. The first kappa shape index (κ1) is 12.5. The molecular weight excluding hydrogens is 280 g/mol. The van der Waals surface area contributed by atoms with E-state index in [0.717, 1.165) is 9.88 Å². The van der Waals surface area contributed by atoms with Crippen molar-refractivity contribution in [1.82, 2.24) is 9.97 Å². The first-order chi connectivity index (χ1) is 9.63. The van der Waals surface area contributed by atoms with Crippen LogP contribution in [0.5, 0.6) is 0 Å². The zero-order valence-electron chi connectivity index (χ0n) is 10.5. The lowest BCUT2D eigenvalue weighted by molar-refractivity contribution is -0.383. The van der Waals surface area contributed by atoms with Crippen molar-refractivity contribution >= 4 is 34.1 Å². The van der Waals surface area contributed by atoms with Gasteiger partial charge in [0.2, 0.25) is 0 Å². The Kier molecular flexibility index (Phi) is 3.07. The average molecular weight is 290 g/mol. The van der Waals surface area contributed by atoms with Crippen molar-refractivity contribution in [2.75, 3.05) is 5.32 Å². The predicted octanol–water partition coefficient (Wildman–Crippen LogP) is 3.11. The van der Waals surface area contributed by atoms with Crippen LogP contribution >= 0.6 is 11.3 Å². The number of benzene rings is 1. The van der Waals surface area contributed by atoms with E-state index in [0.29, 0.717) is 12.1 Å². The number of aromatic nitrogens is 2. The molecular formula is C12H10N4O3S. The number of para-hydroxylation sites is 1. The molecule has 102 valence electrons. The Morgan fingerprint density at radius 1 is 1.50 bits per heavy atom. The molecule has 3 aromatic rings. The van der Waals surface area contributed by atoms with E-state index in [1.54, 1.807) is 29.7 Å². The van der Waals surface area contributed by atoms with Crippen LogP contribution in [0.4, 0.5) is 11.7 Å². The van der Waals surface area contributed by atoms with Crippen molar-refractivity contribution < 1.29 is 9.34 Å². The molecule has 0 radical (unpaired) electrons. The summed E-state index contributed by atoms with van der Waals surface area (Å²) in [6, 6.07) is 4.87. The molecule has 0 amide bonds. The van der Waals surface area contributed by atoms with Crippen molar-refractivity contribution in [3.05, 3.63) is 44.4 Å². The van der Waals surface area contributed by atoms with Gasteiger partial charge in [-0.05, 0) is 13.0 Å². The molecule has 3 rings (SSSR count). The lowest BCUT2D eigenvalue weighted by Crippen LogP contribution is -1.98. The van der Waals surface area contributed by atoms with Crippen LogP contribution in [0.2, 0.25) is 0 Å². The number of hydrogen-bond acceptors (Lipinski definition) is 7. The zero-order chi connectivity index (χ0) is 14.1. The SMILES string of the molecule is Cc1cnc(CNc2nc3c([N+](=O)[O-])cccc3o2)s1. The van der Waals surface area contributed by atoms with Gasteiger partial charge in [-0.25, -0.2) is 4.98 Å².